The Hall–Kier alpha value is -2.20. The standard InChI is InChI=1S/C16H18FN5O2S2/c17-11-7-3-4-8-12(11)19-15-21-22-16(26-15)25-9-13(23)20-14(24)18-10-5-1-2-6-10/h3-4,7-8,10H,1-2,5-6,9H2,(H,19,21)(H2,18,20,23,24). The van der Waals surface area contributed by atoms with Crippen LogP contribution in [0.5, 0.6) is 0 Å². The fraction of sp³-hybridized carbons (Fsp3) is 0.375. The summed E-state index contributed by atoms with van der Waals surface area (Å²) in [5.41, 5.74) is 0.307. The number of benzene rings is 1. The van der Waals surface area contributed by atoms with Crippen LogP contribution in [0.15, 0.2) is 28.6 Å². The van der Waals surface area contributed by atoms with Gasteiger partial charge in [0.15, 0.2) is 4.34 Å². The maximum atomic E-state index is 13.6. The molecule has 10 heteroatoms. The second-order valence-electron chi connectivity index (χ2n) is 5.77. The van der Waals surface area contributed by atoms with E-state index in [0.29, 0.717) is 15.2 Å². The number of urea groups is 1. The molecular formula is C16H18FN5O2S2. The van der Waals surface area contributed by atoms with Crippen LogP contribution in [0.25, 0.3) is 0 Å². The molecule has 3 rings (SSSR count). The Morgan fingerprint density at radius 1 is 1.23 bits per heavy atom. The fourth-order valence-corrected chi connectivity index (χ4v) is 4.14. The quantitative estimate of drug-likeness (QED) is 0.650. The molecule has 1 saturated carbocycles. The van der Waals surface area contributed by atoms with E-state index in [1.165, 1.54) is 29.2 Å². The Kier molecular flexibility index (Phi) is 6.40. The van der Waals surface area contributed by atoms with Crippen molar-refractivity contribution in [1.29, 1.82) is 0 Å². The summed E-state index contributed by atoms with van der Waals surface area (Å²) in [5, 5.41) is 16.2. The van der Waals surface area contributed by atoms with Crippen LogP contribution in [0.4, 0.5) is 20.0 Å². The highest BCUT2D eigenvalue weighted by Crippen LogP contribution is 2.28. The summed E-state index contributed by atoms with van der Waals surface area (Å²) in [7, 11) is 0. The number of imide groups is 1. The first kappa shape index (κ1) is 18.6. The number of carbonyl (C=O) groups excluding carboxylic acids is 2. The molecule has 0 spiro atoms. The van der Waals surface area contributed by atoms with Crippen LogP contribution in [0.3, 0.4) is 0 Å². The van der Waals surface area contributed by atoms with E-state index in [9.17, 15) is 14.0 Å². The third kappa shape index (κ3) is 5.40. The van der Waals surface area contributed by atoms with Gasteiger partial charge in [0.25, 0.3) is 0 Å². The highest BCUT2D eigenvalue weighted by Gasteiger charge is 2.18. The van der Waals surface area contributed by atoms with Crippen LogP contribution < -0.4 is 16.0 Å². The first-order valence-electron chi connectivity index (χ1n) is 8.18. The number of para-hydroxylation sites is 1. The second kappa shape index (κ2) is 8.95. The van der Waals surface area contributed by atoms with Gasteiger partial charge in [0.05, 0.1) is 11.4 Å². The summed E-state index contributed by atoms with van der Waals surface area (Å²) >= 11 is 2.37. The van der Waals surface area contributed by atoms with Gasteiger partial charge >= 0.3 is 6.03 Å². The largest absolute Gasteiger partial charge is 0.335 e. The van der Waals surface area contributed by atoms with Crippen molar-refractivity contribution in [2.24, 2.45) is 0 Å². The van der Waals surface area contributed by atoms with Crippen molar-refractivity contribution in [2.75, 3.05) is 11.1 Å². The molecule has 2 aromatic rings. The van der Waals surface area contributed by atoms with E-state index in [4.69, 9.17) is 0 Å². The summed E-state index contributed by atoms with van der Waals surface area (Å²) in [5.74, 6) is -0.735. The highest BCUT2D eigenvalue weighted by molar-refractivity contribution is 8.01. The molecule has 138 valence electrons. The normalized spacial score (nSPS) is 14.2. The number of anilines is 2. The third-order valence-corrected chi connectivity index (χ3v) is 5.76. The molecule has 0 unspecified atom stereocenters. The maximum Gasteiger partial charge on any atom is 0.321 e. The van der Waals surface area contributed by atoms with Gasteiger partial charge in [-0.1, -0.05) is 48.1 Å². The Bertz CT molecular complexity index is 780. The van der Waals surface area contributed by atoms with Crippen LogP contribution in [0.2, 0.25) is 0 Å². The zero-order valence-electron chi connectivity index (χ0n) is 13.8. The molecule has 1 aromatic heterocycles. The van der Waals surface area contributed by atoms with Crippen LogP contribution in [-0.2, 0) is 4.79 Å². The van der Waals surface area contributed by atoms with Gasteiger partial charge in [-0.15, -0.1) is 10.2 Å². The van der Waals surface area contributed by atoms with E-state index in [0.717, 1.165) is 25.7 Å². The molecule has 1 heterocycles. The molecule has 1 aromatic carbocycles. The monoisotopic (exact) mass is 395 g/mol. The number of hydrogen-bond acceptors (Lipinski definition) is 7. The number of hydrogen-bond donors (Lipinski definition) is 3. The third-order valence-electron chi connectivity index (χ3n) is 3.79. The number of carbonyl (C=O) groups is 2. The number of aromatic nitrogens is 2. The molecule has 3 amide bonds. The van der Waals surface area contributed by atoms with Crippen molar-refractivity contribution < 1.29 is 14.0 Å². The van der Waals surface area contributed by atoms with Gasteiger partial charge < -0.3 is 10.6 Å². The van der Waals surface area contributed by atoms with Crippen molar-refractivity contribution in [3.05, 3.63) is 30.1 Å². The summed E-state index contributed by atoms with van der Waals surface area (Å²) in [4.78, 5) is 23.6. The van der Waals surface area contributed by atoms with E-state index in [2.05, 4.69) is 26.1 Å². The zero-order valence-corrected chi connectivity index (χ0v) is 15.5. The Balaban J connectivity index is 1.43. The summed E-state index contributed by atoms with van der Waals surface area (Å²) < 4.78 is 14.2. The highest BCUT2D eigenvalue weighted by atomic mass is 32.2. The topological polar surface area (TPSA) is 96.0 Å². The first-order valence-corrected chi connectivity index (χ1v) is 9.98. The molecule has 3 N–H and O–H groups in total. The molecule has 1 aliphatic rings. The minimum atomic E-state index is -0.457. The van der Waals surface area contributed by atoms with Crippen molar-refractivity contribution in [2.45, 2.75) is 36.1 Å². The molecular weight excluding hydrogens is 377 g/mol. The van der Waals surface area contributed by atoms with Crippen LogP contribution in [-0.4, -0.2) is 33.9 Å². The number of nitrogens with one attached hydrogen (secondary N) is 3. The van der Waals surface area contributed by atoms with Gasteiger partial charge in [0, 0.05) is 6.04 Å². The molecule has 0 aliphatic heterocycles. The number of nitrogens with zero attached hydrogens (tertiary/aromatic N) is 2. The summed E-state index contributed by atoms with van der Waals surface area (Å²) in [6.45, 7) is 0. The summed E-state index contributed by atoms with van der Waals surface area (Å²) in [6, 6.07) is 5.96. The van der Waals surface area contributed by atoms with Crippen LogP contribution >= 0.6 is 23.1 Å². The lowest BCUT2D eigenvalue weighted by atomic mass is 10.2. The van der Waals surface area contributed by atoms with E-state index >= 15 is 0 Å². The lowest BCUT2D eigenvalue weighted by Gasteiger charge is -2.11. The minimum absolute atomic E-state index is 0.0480. The van der Waals surface area contributed by atoms with Crippen molar-refractivity contribution >= 4 is 45.9 Å². The Morgan fingerprint density at radius 3 is 2.77 bits per heavy atom. The minimum Gasteiger partial charge on any atom is -0.335 e. The molecule has 1 fully saturated rings. The number of halogens is 1. The Morgan fingerprint density at radius 2 is 2.00 bits per heavy atom. The van der Waals surface area contributed by atoms with E-state index in [1.807, 2.05) is 0 Å². The second-order valence-corrected chi connectivity index (χ2v) is 7.97. The number of rotatable bonds is 6. The lowest BCUT2D eigenvalue weighted by Crippen LogP contribution is -2.44. The summed E-state index contributed by atoms with van der Waals surface area (Å²) in [6.07, 6.45) is 4.13. The molecule has 0 saturated heterocycles. The van der Waals surface area contributed by atoms with Gasteiger partial charge in [0.1, 0.15) is 5.82 Å². The lowest BCUT2D eigenvalue weighted by molar-refractivity contribution is -0.117. The van der Waals surface area contributed by atoms with E-state index in [1.54, 1.807) is 18.2 Å². The average molecular weight is 395 g/mol. The molecule has 0 bridgehead atoms. The van der Waals surface area contributed by atoms with Gasteiger partial charge in [-0.25, -0.2) is 9.18 Å². The van der Waals surface area contributed by atoms with E-state index < -0.39 is 11.9 Å². The van der Waals surface area contributed by atoms with Crippen molar-refractivity contribution in [1.82, 2.24) is 20.8 Å². The molecule has 26 heavy (non-hydrogen) atoms. The first-order chi connectivity index (χ1) is 12.6. The number of thioether (sulfide) groups is 1. The fourth-order valence-electron chi connectivity index (χ4n) is 2.58. The van der Waals surface area contributed by atoms with E-state index in [-0.39, 0.29) is 17.6 Å². The van der Waals surface area contributed by atoms with Crippen molar-refractivity contribution in [3.63, 3.8) is 0 Å². The van der Waals surface area contributed by atoms with Crippen LogP contribution in [0, 0.1) is 5.82 Å². The smallest absolute Gasteiger partial charge is 0.321 e. The average Bonchev–Trinajstić information content (AvgIpc) is 3.27. The number of amides is 3. The van der Waals surface area contributed by atoms with Gasteiger partial charge in [-0.3, -0.25) is 10.1 Å². The van der Waals surface area contributed by atoms with Gasteiger partial charge in [0.2, 0.25) is 11.0 Å². The Labute approximate surface area is 158 Å². The zero-order chi connectivity index (χ0) is 18.4. The molecule has 1 aliphatic carbocycles. The predicted molar refractivity (Wildman–Crippen MR) is 99.2 cm³/mol. The van der Waals surface area contributed by atoms with Gasteiger partial charge in [-0.2, -0.15) is 0 Å². The van der Waals surface area contributed by atoms with Crippen molar-refractivity contribution in [3.8, 4) is 0 Å². The predicted octanol–water partition coefficient (Wildman–Crippen LogP) is 3.28. The maximum absolute atomic E-state index is 13.6. The SMILES string of the molecule is O=C(CSc1nnc(Nc2ccccc2F)s1)NC(=O)NC1CCCC1. The van der Waals surface area contributed by atoms with Crippen LogP contribution in [0.1, 0.15) is 25.7 Å². The molecule has 0 atom stereocenters. The molecule has 0 radical (unpaired) electrons. The molecule has 7 nitrogen and oxygen atoms in total. The van der Waals surface area contributed by atoms with Gasteiger partial charge in [-0.05, 0) is 25.0 Å².